The van der Waals surface area contributed by atoms with Gasteiger partial charge >= 0.3 is 18.0 Å². The Labute approximate surface area is 259 Å². The molecule has 11 heteroatoms. The van der Waals surface area contributed by atoms with E-state index in [0.717, 1.165) is 5.56 Å². The van der Waals surface area contributed by atoms with Gasteiger partial charge in [-0.1, -0.05) is 51.1 Å². The highest BCUT2D eigenvalue weighted by Gasteiger charge is 2.33. The molecule has 0 saturated carbocycles. The number of rotatable bonds is 14. The molecule has 43 heavy (non-hydrogen) atoms. The van der Waals surface area contributed by atoms with E-state index < -0.39 is 35.6 Å². The second kappa shape index (κ2) is 16.4. The maximum absolute atomic E-state index is 13.4. The highest BCUT2D eigenvalue weighted by atomic mass is 32.1. The number of hydrogen-bond acceptors (Lipinski definition) is 9. The summed E-state index contributed by atoms with van der Waals surface area (Å²) in [5, 5.41) is 5.11. The van der Waals surface area contributed by atoms with E-state index in [0.29, 0.717) is 17.8 Å². The van der Waals surface area contributed by atoms with Gasteiger partial charge in [-0.3, -0.25) is 14.4 Å². The van der Waals surface area contributed by atoms with E-state index >= 15 is 0 Å². The Hall–Kier alpha value is -3.47. The number of carbonyl (C=O) groups is 4. The SMILES string of the molecule is CCOC(=O)C(C)CC(Cc1ccccc1)NC(=O)c1csc(C(CC(C(C)C)N(C)C(=O)OC(C)(C)C)OC(C)=O)n1. The van der Waals surface area contributed by atoms with Gasteiger partial charge in [0, 0.05) is 37.9 Å². The standard InChI is InChI=1S/C32H47N3O7S/c1-10-40-30(38)21(4)16-24(17-23-14-12-11-13-15-23)33-28(37)25-19-43-29(34-25)27(41-22(5)36)18-26(20(2)3)35(9)31(39)42-32(6,7)8/h11-15,19-21,24,26-27H,10,16-18H2,1-9H3,(H,33,37). The summed E-state index contributed by atoms with van der Waals surface area (Å²) in [6, 6.07) is 9.03. The first kappa shape index (κ1) is 35.7. The zero-order valence-electron chi connectivity index (χ0n) is 26.8. The number of benzene rings is 1. The van der Waals surface area contributed by atoms with Crippen LogP contribution in [0.5, 0.6) is 0 Å². The average Bonchev–Trinajstić information content (AvgIpc) is 3.40. The Morgan fingerprint density at radius 3 is 2.26 bits per heavy atom. The molecule has 2 amide bonds. The third-order valence-electron chi connectivity index (χ3n) is 6.73. The van der Waals surface area contributed by atoms with Crippen LogP contribution in [0.3, 0.4) is 0 Å². The summed E-state index contributed by atoms with van der Waals surface area (Å²) in [5.74, 6) is -1.61. The third-order valence-corrected chi connectivity index (χ3v) is 7.67. The average molecular weight is 618 g/mol. The first-order valence-corrected chi connectivity index (χ1v) is 15.6. The molecule has 2 rings (SSSR count). The molecule has 0 fully saturated rings. The third kappa shape index (κ3) is 12.0. The monoisotopic (exact) mass is 617 g/mol. The summed E-state index contributed by atoms with van der Waals surface area (Å²) < 4.78 is 16.4. The van der Waals surface area contributed by atoms with Crippen LogP contribution < -0.4 is 5.32 Å². The van der Waals surface area contributed by atoms with E-state index in [-0.39, 0.29) is 42.7 Å². The van der Waals surface area contributed by atoms with Gasteiger partial charge in [0.1, 0.15) is 16.3 Å². The van der Waals surface area contributed by atoms with Crippen LogP contribution in [0.25, 0.3) is 0 Å². The molecule has 0 saturated heterocycles. The zero-order chi connectivity index (χ0) is 32.3. The van der Waals surface area contributed by atoms with E-state index in [1.54, 1.807) is 47.0 Å². The lowest BCUT2D eigenvalue weighted by Crippen LogP contribution is -2.44. The fraction of sp³-hybridized carbons (Fsp3) is 0.594. The number of hydrogen-bond donors (Lipinski definition) is 1. The van der Waals surface area contributed by atoms with Crippen molar-refractivity contribution in [3.63, 3.8) is 0 Å². The summed E-state index contributed by atoms with van der Waals surface area (Å²) in [7, 11) is 1.66. The van der Waals surface area contributed by atoms with Gasteiger partial charge in [-0.05, 0) is 52.0 Å². The normalized spacial score (nSPS) is 14.3. The minimum absolute atomic E-state index is 0.0124. The second-order valence-corrected chi connectivity index (χ2v) is 12.9. The highest BCUT2D eigenvalue weighted by Crippen LogP contribution is 2.31. The Morgan fingerprint density at radius 2 is 1.70 bits per heavy atom. The molecular weight excluding hydrogens is 570 g/mol. The first-order chi connectivity index (χ1) is 20.1. The summed E-state index contributed by atoms with van der Waals surface area (Å²) in [4.78, 5) is 56.7. The van der Waals surface area contributed by atoms with Gasteiger partial charge in [-0.25, -0.2) is 9.78 Å². The van der Waals surface area contributed by atoms with E-state index in [1.807, 2.05) is 44.2 Å². The number of nitrogens with zero attached hydrogens (tertiary/aromatic N) is 2. The summed E-state index contributed by atoms with van der Waals surface area (Å²) in [6.07, 6.45) is -0.0653. The fourth-order valence-electron chi connectivity index (χ4n) is 4.66. The number of nitrogens with one attached hydrogen (secondary N) is 1. The molecule has 2 aromatic rings. The maximum atomic E-state index is 13.4. The van der Waals surface area contributed by atoms with Gasteiger partial charge in [0.15, 0.2) is 6.10 Å². The fourth-order valence-corrected chi connectivity index (χ4v) is 5.50. The lowest BCUT2D eigenvalue weighted by atomic mass is 9.96. The van der Waals surface area contributed by atoms with Gasteiger partial charge in [0.2, 0.25) is 0 Å². The van der Waals surface area contributed by atoms with Crippen molar-refractivity contribution >= 4 is 35.3 Å². The number of ether oxygens (including phenoxy) is 3. The molecule has 4 atom stereocenters. The van der Waals surface area contributed by atoms with Gasteiger partial charge in [-0.15, -0.1) is 11.3 Å². The Morgan fingerprint density at radius 1 is 1.05 bits per heavy atom. The van der Waals surface area contributed by atoms with Crippen LogP contribution in [-0.4, -0.2) is 65.2 Å². The number of amides is 2. The van der Waals surface area contributed by atoms with Gasteiger partial charge in [0.05, 0.1) is 12.5 Å². The number of thiazole rings is 1. The number of carbonyl (C=O) groups excluding carboxylic acids is 4. The van der Waals surface area contributed by atoms with Crippen molar-refractivity contribution in [2.24, 2.45) is 11.8 Å². The van der Waals surface area contributed by atoms with Crippen LogP contribution in [0, 0.1) is 11.8 Å². The molecule has 0 bridgehead atoms. The Kier molecular flexibility index (Phi) is 13.6. The molecule has 0 radical (unpaired) electrons. The van der Waals surface area contributed by atoms with Crippen LogP contribution >= 0.6 is 11.3 Å². The van der Waals surface area contributed by atoms with E-state index in [1.165, 1.54) is 23.2 Å². The molecule has 1 heterocycles. The van der Waals surface area contributed by atoms with E-state index in [2.05, 4.69) is 10.3 Å². The molecule has 0 aliphatic carbocycles. The molecule has 1 aromatic heterocycles. The van der Waals surface area contributed by atoms with E-state index in [4.69, 9.17) is 14.2 Å². The predicted octanol–water partition coefficient (Wildman–Crippen LogP) is 5.96. The lowest BCUT2D eigenvalue weighted by Gasteiger charge is -2.34. The van der Waals surface area contributed by atoms with Crippen molar-refractivity contribution in [1.82, 2.24) is 15.2 Å². The second-order valence-electron chi connectivity index (χ2n) is 12.1. The minimum atomic E-state index is -0.773. The van der Waals surface area contributed by atoms with Crippen LogP contribution in [-0.2, 0) is 30.2 Å². The summed E-state index contributed by atoms with van der Waals surface area (Å²) >= 11 is 1.21. The smallest absolute Gasteiger partial charge is 0.410 e. The van der Waals surface area contributed by atoms with Crippen LogP contribution in [0.15, 0.2) is 35.7 Å². The van der Waals surface area contributed by atoms with Crippen LogP contribution in [0.2, 0.25) is 0 Å². The van der Waals surface area contributed by atoms with Gasteiger partial charge in [-0.2, -0.15) is 0 Å². The Bertz CT molecular complexity index is 1210. The molecule has 4 unspecified atom stereocenters. The molecular formula is C32H47N3O7S. The molecule has 1 N–H and O–H groups in total. The molecule has 238 valence electrons. The zero-order valence-corrected chi connectivity index (χ0v) is 27.7. The van der Waals surface area contributed by atoms with Crippen LogP contribution in [0.1, 0.15) is 95.4 Å². The predicted molar refractivity (Wildman–Crippen MR) is 166 cm³/mol. The van der Waals surface area contributed by atoms with E-state index in [9.17, 15) is 19.2 Å². The molecule has 0 aliphatic heterocycles. The molecule has 1 aromatic carbocycles. The van der Waals surface area contributed by atoms with Crippen molar-refractivity contribution in [3.8, 4) is 0 Å². The van der Waals surface area contributed by atoms with Gasteiger partial charge in [0.25, 0.3) is 5.91 Å². The highest BCUT2D eigenvalue weighted by molar-refractivity contribution is 7.09. The van der Waals surface area contributed by atoms with Gasteiger partial charge < -0.3 is 24.4 Å². The van der Waals surface area contributed by atoms with Crippen molar-refractivity contribution < 1.29 is 33.4 Å². The van der Waals surface area contributed by atoms with Crippen molar-refractivity contribution in [2.75, 3.05) is 13.7 Å². The maximum Gasteiger partial charge on any atom is 0.410 e. The number of aromatic nitrogens is 1. The largest absolute Gasteiger partial charge is 0.466 e. The molecule has 10 nitrogen and oxygen atoms in total. The van der Waals surface area contributed by atoms with Crippen molar-refractivity contribution in [2.45, 2.75) is 98.4 Å². The lowest BCUT2D eigenvalue weighted by molar-refractivity contribution is -0.148. The quantitative estimate of drug-likeness (QED) is 0.203. The minimum Gasteiger partial charge on any atom is -0.466 e. The molecule has 0 spiro atoms. The van der Waals surface area contributed by atoms with Crippen molar-refractivity contribution in [1.29, 1.82) is 0 Å². The Balaban J connectivity index is 2.26. The molecule has 0 aliphatic rings. The number of esters is 2. The summed E-state index contributed by atoms with van der Waals surface area (Å²) in [5.41, 5.74) is 0.541. The van der Waals surface area contributed by atoms with Crippen LogP contribution in [0.4, 0.5) is 4.79 Å². The van der Waals surface area contributed by atoms with Crippen molar-refractivity contribution in [3.05, 3.63) is 52.0 Å². The topological polar surface area (TPSA) is 124 Å². The first-order valence-electron chi connectivity index (χ1n) is 14.7. The summed E-state index contributed by atoms with van der Waals surface area (Å²) in [6.45, 7) is 14.5.